The molecule has 0 spiro atoms. The van der Waals surface area contributed by atoms with Gasteiger partial charge in [0, 0.05) is 19.0 Å². The molecule has 1 aliphatic carbocycles. The third-order valence-electron chi connectivity index (χ3n) is 4.82. The van der Waals surface area contributed by atoms with Gasteiger partial charge in [-0.25, -0.2) is 9.97 Å². The van der Waals surface area contributed by atoms with Gasteiger partial charge in [0.1, 0.15) is 16.5 Å². The van der Waals surface area contributed by atoms with Crippen LogP contribution in [0.15, 0.2) is 36.7 Å². The van der Waals surface area contributed by atoms with Crippen LogP contribution in [-0.2, 0) is 11.3 Å². The molecule has 26 heavy (non-hydrogen) atoms. The van der Waals surface area contributed by atoms with Crippen molar-refractivity contribution in [3.63, 3.8) is 0 Å². The zero-order valence-corrected chi connectivity index (χ0v) is 15.6. The van der Waals surface area contributed by atoms with Gasteiger partial charge in [-0.3, -0.25) is 4.98 Å². The van der Waals surface area contributed by atoms with E-state index in [-0.39, 0.29) is 0 Å². The van der Waals surface area contributed by atoms with E-state index in [1.54, 1.807) is 23.7 Å². The highest BCUT2D eigenvalue weighted by Gasteiger charge is 2.21. The molecule has 5 nitrogen and oxygen atoms in total. The molecular formula is C20H22N4OS. The van der Waals surface area contributed by atoms with Gasteiger partial charge in [0.25, 0.3) is 0 Å². The van der Waals surface area contributed by atoms with Crippen LogP contribution >= 0.6 is 11.3 Å². The summed E-state index contributed by atoms with van der Waals surface area (Å²) in [6, 6.07) is 7.82. The van der Waals surface area contributed by atoms with Crippen LogP contribution in [0.4, 0.5) is 5.82 Å². The van der Waals surface area contributed by atoms with Gasteiger partial charge in [-0.15, -0.1) is 11.3 Å². The first-order valence-electron chi connectivity index (χ1n) is 8.92. The number of rotatable bonds is 6. The molecule has 6 heteroatoms. The largest absolute Gasteiger partial charge is 0.383 e. The van der Waals surface area contributed by atoms with E-state index in [1.807, 2.05) is 31.2 Å². The molecular weight excluding hydrogens is 344 g/mol. The summed E-state index contributed by atoms with van der Waals surface area (Å²) >= 11 is 1.62. The Balaban J connectivity index is 1.67. The molecule has 0 aromatic carbocycles. The van der Waals surface area contributed by atoms with Crippen LogP contribution in [0.25, 0.3) is 22.0 Å². The minimum absolute atomic E-state index is 0.508. The van der Waals surface area contributed by atoms with Crippen LogP contribution in [0.1, 0.15) is 29.7 Å². The second-order valence-corrected chi connectivity index (χ2v) is 7.79. The molecule has 0 amide bonds. The van der Waals surface area contributed by atoms with Crippen molar-refractivity contribution in [3.05, 3.63) is 47.1 Å². The van der Waals surface area contributed by atoms with Crippen molar-refractivity contribution in [2.75, 3.05) is 12.3 Å². The Kier molecular flexibility index (Phi) is 4.95. The number of aryl methyl sites for hydroxylation is 1. The standard InChI is InChI=1S/C20H22N4OS/c1-13-8-10-23-19(21)17(13)20-24-18(15-7-2-3-9-22-15)16(26-20)12-25-11-14-5-4-6-14/h2-3,7-10,14H,4-6,11-12H2,1H3,(H2,21,23). The van der Waals surface area contributed by atoms with Gasteiger partial charge in [-0.2, -0.15) is 0 Å². The Morgan fingerprint density at radius 1 is 1.19 bits per heavy atom. The molecule has 0 bridgehead atoms. The first-order chi connectivity index (χ1) is 12.7. The van der Waals surface area contributed by atoms with Crippen molar-refractivity contribution in [1.29, 1.82) is 0 Å². The first kappa shape index (κ1) is 17.1. The first-order valence-corrected chi connectivity index (χ1v) is 9.74. The van der Waals surface area contributed by atoms with Crippen molar-refractivity contribution >= 4 is 17.2 Å². The van der Waals surface area contributed by atoms with Gasteiger partial charge in [-0.1, -0.05) is 12.5 Å². The number of anilines is 1. The monoisotopic (exact) mass is 366 g/mol. The number of aromatic nitrogens is 3. The number of hydrogen-bond donors (Lipinski definition) is 1. The molecule has 1 aliphatic rings. The molecule has 2 N–H and O–H groups in total. The normalized spacial score (nSPS) is 14.3. The van der Waals surface area contributed by atoms with E-state index in [0.29, 0.717) is 12.4 Å². The summed E-state index contributed by atoms with van der Waals surface area (Å²) in [5, 5.41) is 0.871. The number of nitrogens with two attached hydrogens (primary N) is 1. The zero-order chi connectivity index (χ0) is 17.9. The fraction of sp³-hybridized carbons (Fsp3) is 0.350. The summed E-state index contributed by atoms with van der Waals surface area (Å²) in [6.07, 6.45) is 7.41. The molecule has 0 aliphatic heterocycles. The number of pyridine rings is 2. The maximum Gasteiger partial charge on any atom is 0.133 e. The summed E-state index contributed by atoms with van der Waals surface area (Å²) in [5.74, 6) is 1.23. The summed E-state index contributed by atoms with van der Waals surface area (Å²) in [7, 11) is 0. The Hall–Kier alpha value is -2.31. The second-order valence-electron chi connectivity index (χ2n) is 6.71. The fourth-order valence-corrected chi connectivity index (χ4v) is 4.22. The lowest BCUT2D eigenvalue weighted by atomic mass is 9.86. The van der Waals surface area contributed by atoms with Crippen LogP contribution in [0.2, 0.25) is 0 Å². The lowest BCUT2D eigenvalue weighted by Gasteiger charge is -2.24. The Labute approximate surface area is 157 Å². The number of thiazole rings is 1. The van der Waals surface area contributed by atoms with E-state index < -0.39 is 0 Å². The second kappa shape index (κ2) is 7.51. The van der Waals surface area contributed by atoms with Crippen molar-refractivity contribution in [1.82, 2.24) is 15.0 Å². The van der Waals surface area contributed by atoms with Gasteiger partial charge in [0.2, 0.25) is 0 Å². The molecule has 3 heterocycles. The predicted molar refractivity (Wildman–Crippen MR) is 105 cm³/mol. The highest BCUT2D eigenvalue weighted by atomic mass is 32.1. The van der Waals surface area contributed by atoms with E-state index in [1.165, 1.54) is 19.3 Å². The molecule has 4 rings (SSSR count). The van der Waals surface area contributed by atoms with Gasteiger partial charge < -0.3 is 10.5 Å². The quantitative estimate of drug-likeness (QED) is 0.696. The van der Waals surface area contributed by atoms with E-state index in [4.69, 9.17) is 15.5 Å². The van der Waals surface area contributed by atoms with Crippen LogP contribution in [0.5, 0.6) is 0 Å². The molecule has 134 valence electrons. The maximum absolute atomic E-state index is 6.13. The predicted octanol–water partition coefficient (Wildman–Crippen LogP) is 4.47. The summed E-state index contributed by atoms with van der Waals surface area (Å²) < 4.78 is 5.99. The number of nitrogens with zero attached hydrogens (tertiary/aromatic N) is 3. The van der Waals surface area contributed by atoms with Gasteiger partial charge >= 0.3 is 0 Å². The van der Waals surface area contributed by atoms with Crippen molar-refractivity contribution in [2.24, 2.45) is 5.92 Å². The molecule has 3 aromatic heterocycles. The molecule has 1 saturated carbocycles. The van der Waals surface area contributed by atoms with Crippen molar-refractivity contribution < 1.29 is 4.74 Å². The Morgan fingerprint density at radius 2 is 2.08 bits per heavy atom. The Morgan fingerprint density at radius 3 is 2.77 bits per heavy atom. The minimum Gasteiger partial charge on any atom is -0.383 e. The van der Waals surface area contributed by atoms with E-state index >= 15 is 0 Å². The highest BCUT2D eigenvalue weighted by Crippen LogP contribution is 2.37. The van der Waals surface area contributed by atoms with Crippen LogP contribution < -0.4 is 5.73 Å². The minimum atomic E-state index is 0.508. The van der Waals surface area contributed by atoms with E-state index in [0.717, 1.165) is 44.9 Å². The van der Waals surface area contributed by atoms with E-state index in [9.17, 15) is 0 Å². The molecule has 3 aromatic rings. The number of nitrogen functional groups attached to an aromatic ring is 1. The average Bonchev–Trinajstić information content (AvgIpc) is 3.01. The average molecular weight is 366 g/mol. The number of ether oxygens (including phenoxy) is 1. The van der Waals surface area contributed by atoms with E-state index in [2.05, 4.69) is 9.97 Å². The van der Waals surface area contributed by atoms with Crippen molar-refractivity contribution in [2.45, 2.75) is 32.8 Å². The molecule has 1 fully saturated rings. The zero-order valence-electron chi connectivity index (χ0n) is 14.8. The lowest BCUT2D eigenvalue weighted by Crippen LogP contribution is -2.17. The molecule has 0 atom stereocenters. The third kappa shape index (κ3) is 3.48. The molecule has 0 radical (unpaired) electrons. The van der Waals surface area contributed by atoms with Gasteiger partial charge in [0.15, 0.2) is 0 Å². The Bertz CT molecular complexity index is 870. The van der Waals surface area contributed by atoms with Crippen LogP contribution in [-0.4, -0.2) is 21.6 Å². The third-order valence-corrected chi connectivity index (χ3v) is 5.87. The van der Waals surface area contributed by atoms with Crippen LogP contribution in [0.3, 0.4) is 0 Å². The van der Waals surface area contributed by atoms with Crippen LogP contribution in [0, 0.1) is 12.8 Å². The fourth-order valence-electron chi connectivity index (χ4n) is 3.09. The van der Waals surface area contributed by atoms with Crippen molar-refractivity contribution in [3.8, 4) is 22.0 Å². The smallest absolute Gasteiger partial charge is 0.133 e. The molecule has 0 unspecified atom stereocenters. The summed E-state index contributed by atoms with van der Waals surface area (Å²) in [6.45, 7) is 3.41. The summed E-state index contributed by atoms with van der Waals surface area (Å²) in [4.78, 5) is 14.6. The van der Waals surface area contributed by atoms with Gasteiger partial charge in [0.05, 0.1) is 22.7 Å². The highest BCUT2D eigenvalue weighted by molar-refractivity contribution is 7.15. The lowest BCUT2D eigenvalue weighted by molar-refractivity contribution is 0.0611. The molecule has 0 saturated heterocycles. The number of hydrogen-bond acceptors (Lipinski definition) is 6. The topological polar surface area (TPSA) is 73.9 Å². The maximum atomic E-state index is 6.13. The summed E-state index contributed by atoms with van der Waals surface area (Å²) in [5.41, 5.74) is 9.83. The SMILES string of the molecule is Cc1ccnc(N)c1-c1nc(-c2ccccn2)c(COCC2CCC2)s1. The van der Waals surface area contributed by atoms with Gasteiger partial charge in [-0.05, 0) is 49.4 Å².